The van der Waals surface area contributed by atoms with Gasteiger partial charge in [0.05, 0.1) is 11.5 Å². The summed E-state index contributed by atoms with van der Waals surface area (Å²) in [5.41, 5.74) is 6.16. The van der Waals surface area contributed by atoms with E-state index in [1.54, 1.807) is 12.1 Å². The third-order valence-corrected chi connectivity index (χ3v) is 6.27. The highest BCUT2D eigenvalue weighted by atomic mass is 32.1. The maximum atomic E-state index is 13.3. The molecular weight excluding hydrogens is 482 g/mol. The zero-order valence-corrected chi connectivity index (χ0v) is 21.2. The average molecular weight is 508 g/mol. The molecule has 0 fully saturated rings. The molecule has 0 saturated carbocycles. The number of thiocarbonyl (C=S) groups is 1. The number of oxazole rings is 1. The monoisotopic (exact) mass is 507 g/mol. The van der Waals surface area contributed by atoms with E-state index in [0.29, 0.717) is 22.7 Å². The predicted molar refractivity (Wildman–Crippen MR) is 150 cm³/mol. The van der Waals surface area contributed by atoms with Gasteiger partial charge in [-0.1, -0.05) is 66.7 Å². The smallest absolute Gasteiger partial charge is 0.238 e. The molecule has 0 saturated heterocycles. The number of phenols is 1. The van der Waals surface area contributed by atoms with Crippen LogP contribution in [-0.2, 0) is 4.79 Å². The number of phenolic OH excluding ortho intramolecular Hbond substituents is 1. The number of aromatic nitrogens is 1. The van der Waals surface area contributed by atoms with Crippen molar-refractivity contribution >= 4 is 40.0 Å². The minimum atomic E-state index is -0.524. The van der Waals surface area contributed by atoms with Crippen LogP contribution in [0, 0.1) is 13.8 Å². The number of anilines is 1. The Kier molecular flexibility index (Phi) is 6.70. The Morgan fingerprint density at radius 1 is 0.919 bits per heavy atom. The zero-order chi connectivity index (χ0) is 25.9. The van der Waals surface area contributed by atoms with Crippen LogP contribution in [0.4, 0.5) is 5.69 Å². The fourth-order valence-electron chi connectivity index (χ4n) is 4.41. The summed E-state index contributed by atoms with van der Waals surface area (Å²) in [6.45, 7) is 3.96. The molecule has 0 aliphatic carbocycles. The maximum absolute atomic E-state index is 13.3. The molecule has 5 aromatic rings. The summed E-state index contributed by atoms with van der Waals surface area (Å²) in [7, 11) is 0. The third-order valence-electron chi connectivity index (χ3n) is 6.07. The first-order chi connectivity index (χ1) is 17.9. The van der Waals surface area contributed by atoms with E-state index in [2.05, 4.69) is 15.6 Å². The van der Waals surface area contributed by atoms with Crippen molar-refractivity contribution in [1.29, 1.82) is 0 Å². The number of hydrogen-bond acceptors (Lipinski definition) is 5. The van der Waals surface area contributed by atoms with Gasteiger partial charge in [0.15, 0.2) is 10.7 Å². The van der Waals surface area contributed by atoms with Gasteiger partial charge in [0, 0.05) is 5.69 Å². The van der Waals surface area contributed by atoms with Crippen molar-refractivity contribution in [2.24, 2.45) is 0 Å². The van der Waals surface area contributed by atoms with E-state index in [0.717, 1.165) is 27.8 Å². The number of carbonyl (C=O) groups excluding carboxylic acids is 1. The Morgan fingerprint density at radius 3 is 2.22 bits per heavy atom. The number of benzene rings is 4. The van der Waals surface area contributed by atoms with Crippen molar-refractivity contribution in [2.75, 3.05) is 5.32 Å². The van der Waals surface area contributed by atoms with Crippen molar-refractivity contribution in [3.63, 3.8) is 0 Å². The van der Waals surface area contributed by atoms with Gasteiger partial charge < -0.3 is 20.2 Å². The minimum Gasteiger partial charge on any atom is -0.507 e. The fourth-order valence-corrected chi connectivity index (χ4v) is 4.63. The second-order valence-electron chi connectivity index (χ2n) is 8.88. The molecule has 1 heterocycles. The highest BCUT2D eigenvalue weighted by Gasteiger charge is 2.23. The Labute approximate surface area is 220 Å². The average Bonchev–Trinajstić information content (AvgIpc) is 3.31. The van der Waals surface area contributed by atoms with Gasteiger partial charge >= 0.3 is 0 Å². The second-order valence-corrected chi connectivity index (χ2v) is 9.29. The highest BCUT2D eigenvalue weighted by Crippen LogP contribution is 2.34. The number of carbonyl (C=O) groups is 1. The van der Waals surface area contributed by atoms with Crippen LogP contribution in [0.1, 0.15) is 28.2 Å². The molecule has 3 N–H and O–H groups in total. The highest BCUT2D eigenvalue weighted by molar-refractivity contribution is 7.80. The van der Waals surface area contributed by atoms with Gasteiger partial charge in [-0.3, -0.25) is 4.79 Å². The molecule has 0 bridgehead atoms. The normalized spacial score (nSPS) is 11.0. The summed E-state index contributed by atoms with van der Waals surface area (Å²) in [5.74, 6) is -0.453. The number of aryl methyl sites for hydroxylation is 2. The van der Waals surface area contributed by atoms with Gasteiger partial charge in [-0.15, -0.1) is 0 Å². The van der Waals surface area contributed by atoms with Crippen LogP contribution in [-0.4, -0.2) is 21.1 Å². The molecule has 5 rings (SSSR count). The quantitative estimate of drug-likeness (QED) is 0.187. The molecule has 0 spiro atoms. The lowest BCUT2D eigenvalue weighted by atomic mass is 9.90. The molecule has 184 valence electrons. The van der Waals surface area contributed by atoms with Gasteiger partial charge in [-0.2, -0.15) is 0 Å². The van der Waals surface area contributed by atoms with E-state index in [9.17, 15) is 9.90 Å². The maximum Gasteiger partial charge on any atom is 0.238 e. The Morgan fingerprint density at radius 2 is 1.57 bits per heavy atom. The molecule has 0 atom stereocenters. The van der Waals surface area contributed by atoms with Gasteiger partial charge in [-0.25, -0.2) is 4.98 Å². The van der Waals surface area contributed by atoms with E-state index < -0.39 is 5.92 Å². The Balaban J connectivity index is 1.37. The summed E-state index contributed by atoms with van der Waals surface area (Å²) in [4.78, 5) is 17.9. The topological polar surface area (TPSA) is 87.4 Å². The standard InChI is InChI=1S/C30H25N3O3S/c1-18-15-19(2)27-24(16-18)32-29(36-27)23-17-22(13-14-25(23)34)31-30(37)33-28(35)26(20-9-5-3-6-10-20)21-11-7-4-8-12-21/h3-17,26,34H,1-2H3,(H2,31,33,35,37). The largest absolute Gasteiger partial charge is 0.507 e. The molecule has 7 heteroatoms. The molecule has 0 unspecified atom stereocenters. The van der Waals surface area contributed by atoms with Crippen LogP contribution in [0.3, 0.4) is 0 Å². The van der Waals surface area contributed by atoms with Crippen LogP contribution in [0.25, 0.3) is 22.6 Å². The van der Waals surface area contributed by atoms with E-state index in [1.165, 1.54) is 6.07 Å². The molecule has 0 radical (unpaired) electrons. The van der Waals surface area contributed by atoms with Gasteiger partial charge in [-0.05, 0) is 72.6 Å². The third kappa shape index (κ3) is 5.22. The number of hydrogen-bond donors (Lipinski definition) is 3. The molecule has 1 amide bonds. The predicted octanol–water partition coefficient (Wildman–Crippen LogP) is 6.46. The van der Waals surface area contributed by atoms with E-state index >= 15 is 0 Å². The molecule has 4 aromatic carbocycles. The summed E-state index contributed by atoms with van der Waals surface area (Å²) >= 11 is 5.46. The molecule has 0 aliphatic heterocycles. The Hall–Kier alpha value is -4.49. The lowest BCUT2D eigenvalue weighted by Crippen LogP contribution is -2.37. The van der Waals surface area contributed by atoms with Crippen molar-refractivity contribution in [3.8, 4) is 17.2 Å². The summed E-state index contributed by atoms with van der Waals surface area (Å²) in [6.07, 6.45) is 0. The van der Waals surface area contributed by atoms with E-state index in [-0.39, 0.29) is 16.8 Å². The fraction of sp³-hybridized carbons (Fsp3) is 0.100. The molecular formula is C30H25N3O3S. The van der Waals surface area contributed by atoms with Gasteiger partial charge in [0.1, 0.15) is 11.3 Å². The van der Waals surface area contributed by atoms with Crippen LogP contribution >= 0.6 is 12.2 Å². The number of aromatic hydroxyl groups is 1. The summed E-state index contributed by atoms with van der Waals surface area (Å²) in [5, 5.41) is 16.5. The Bertz CT molecular complexity index is 1560. The number of nitrogens with zero attached hydrogens (tertiary/aromatic N) is 1. The first-order valence-corrected chi connectivity index (χ1v) is 12.2. The van der Waals surface area contributed by atoms with Crippen molar-refractivity contribution in [3.05, 3.63) is 113 Å². The number of amides is 1. The number of nitrogens with one attached hydrogen (secondary N) is 2. The summed E-state index contributed by atoms with van der Waals surface area (Å²) < 4.78 is 5.97. The molecule has 6 nitrogen and oxygen atoms in total. The van der Waals surface area contributed by atoms with Crippen molar-refractivity contribution in [1.82, 2.24) is 10.3 Å². The van der Waals surface area contributed by atoms with E-state index in [1.807, 2.05) is 86.6 Å². The lowest BCUT2D eigenvalue weighted by Gasteiger charge is -2.19. The van der Waals surface area contributed by atoms with Gasteiger partial charge in [0.25, 0.3) is 0 Å². The first-order valence-electron chi connectivity index (χ1n) is 11.8. The number of rotatable bonds is 5. The van der Waals surface area contributed by atoms with Crippen LogP contribution in [0.5, 0.6) is 5.75 Å². The van der Waals surface area contributed by atoms with Crippen LogP contribution in [0.2, 0.25) is 0 Å². The first kappa shape index (κ1) is 24.2. The van der Waals surface area contributed by atoms with Crippen molar-refractivity contribution in [2.45, 2.75) is 19.8 Å². The molecule has 37 heavy (non-hydrogen) atoms. The van der Waals surface area contributed by atoms with E-state index in [4.69, 9.17) is 16.6 Å². The lowest BCUT2D eigenvalue weighted by molar-refractivity contribution is -0.120. The van der Waals surface area contributed by atoms with Crippen LogP contribution in [0.15, 0.2) is 95.4 Å². The molecule has 1 aromatic heterocycles. The summed E-state index contributed by atoms with van der Waals surface area (Å²) in [6, 6.07) is 28.0. The van der Waals surface area contributed by atoms with Gasteiger partial charge in [0.2, 0.25) is 11.8 Å². The number of fused-ring (bicyclic) bond motifs is 1. The SMILES string of the molecule is Cc1cc(C)c2oc(-c3cc(NC(=S)NC(=O)C(c4ccccc4)c4ccccc4)ccc3O)nc2c1. The zero-order valence-electron chi connectivity index (χ0n) is 20.4. The minimum absolute atomic E-state index is 0.0228. The van der Waals surface area contributed by atoms with Crippen molar-refractivity contribution < 1.29 is 14.3 Å². The van der Waals surface area contributed by atoms with Crippen LogP contribution < -0.4 is 10.6 Å². The molecule has 0 aliphatic rings. The second kappa shape index (κ2) is 10.2.